The Balaban J connectivity index is 1.29. The largest absolute Gasteiger partial charge is 0.497 e. The van der Waals surface area contributed by atoms with E-state index in [0.717, 1.165) is 17.7 Å². The number of carbonyl (C=O) groups excluding carboxylic acids is 1. The minimum atomic E-state index is -1.25. The lowest BCUT2D eigenvalue weighted by Crippen LogP contribution is -2.59. The van der Waals surface area contributed by atoms with Gasteiger partial charge in [0.1, 0.15) is 29.8 Å². The molecule has 4 heterocycles. The number of piperidine rings is 1. The number of ether oxygens (including phenoxy) is 3. The summed E-state index contributed by atoms with van der Waals surface area (Å²) in [5.41, 5.74) is 1.29. The van der Waals surface area contributed by atoms with Gasteiger partial charge in [-0.3, -0.25) is 4.90 Å². The maximum Gasteiger partial charge on any atom is 0.410 e. The van der Waals surface area contributed by atoms with Crippen molar-refractivity contribution in [3.63, 3.8) is 0 Å². The van der Waals surface area contributed by atoms with Crippen molar-refractivity contribution in [1.82, 2.24) is 25.1 Å². The van der Waals surface area contributed by atoms with Crippen LogP contribution in [0.15, 0.2) is 42.6 Å². The molecule has 2 bridgehead atoms. The Hall–Kier alpha value is -3.73. The molecule has 41 heavy (non-hydrogen) atoms. The van der Waals surface area contributed by atoms with Crippen molar-refractivity contribution in [2.75, 3.05) is 19.1 Å². The number of amides is 1. The van der Waals surface area contributed by atoms with Gasteiger partial charge in [0.05, 0.1) is 24.8 Å². The Labute approximate surface area is 243 Å². The minimum Gasteiger partial charge on any atom is -0.497 e. The smallest absolute Gasteiger partial charge is 0.410 e. The first kappa shape index (κ1) is 28.8. The van der Waals surface area contributed by atoms with Crippen molar-refractivity contribution < 1.29 is 23.4 Å². The quantitative estimate of drug-likeness (QED) is 0.333. The predicted molar refractivity (Wildman–Crippen MR) is 152 cm³/mol. The van der Waals surface area contributed by atoms with Crippen LogP contribution < -0.4 is 14.4 Å². The number of rotatable bonds is 7. The topological polar surface area (TPSA) is 103 Å². The highest BCUT2D eigenvalue weighted by molar-refractivity contribution is 6.28. The third-order valence-electron chi connectivity index (χ3n) is 7.44. The molecule has 0 radical (unpaired) electrons. The van der Waals surface area contributed by atoms with E-state index >= 15 is 4.39 Å². The van der Waals surface area contributed by atoms with Crippen molar-refractivity contribution >= 4 is 23.5 Å². The Bertz CT molecular complexity index is 1370. The van der Waals surface area contributed by atoms with Crippen LogP contribution in [-0.2, 0) is 11.3 Å². The third-order valence-corrected chi connectivity index (χ3v) is 7.63. The van der Waals surface area contributed by atoms with Gasteiger partial charge in [-0.05, 0) is 81.5 Å². The van der Waals surface area contributed by atoms with E-state index in [9.17, 15) is 4.79 Å². The van der Waals surface area contributed by atoms with Gasteiger partial charge in [-0.25, -0.2) is 14.2 Å². The van der Waals surface area contributed by atoms with Crippen molar-refractivity contribution in [2.24, 2.45) is 0 Å². The molecule has 0 aliphatic carbocycles. The van der Waals surface area contributed by atoms with Crippen LogP contribution in [0.25, 0.3) is 11.3 Å². The molecule has 1 amide bonds. The van der Waals surface area contributed by atoms with Gasteiger partial charge in [-0.1, -0.05) is 12.1 Å². The molecule has 2 saturated heterocycles. The number of anilines is 1. The zero-order valence-corrected chi connectivity index (χ0v) is 24.5. The fraction of sp³-hybridized carbons (Fsp3) is 0.483. The number of methoxy groups -OCH3 is 1. The van der Waals surface area contributed by atoms with Gasteiger partial charge in [0, 0.05) is 19.3 Å². The second kappa shape index (κ2) is 11.6. The lowest BCUT2D eigenvalue weighted by Gasteiger charge is -2.44. The van der Waals surface area contributed by atoms with Gasteiger partial charge >= 0.3 is 6.09 Å². The number of hydrogen-bond donors (Lipinski definition) is 0. The molecule has 2 aliphatic rings. The molecule has 2 aromatic heterocycles. The highest BCUT2D eigenvalue weighted by atomic mass is 35.5. The van der Waals surface area contributed by atoms with Gasteiger partial charge in [0.15, 0.2) is 5.82 Å². The summed E-state index contributed by atoms with van der Waals surface area (Å²) in [7, 11) is 3.41. The molecule has 3 aromatic rings. The van der Waals surface area contributed by atoms with Crippen LogP contribution in [0.2, 0.25) is 5.28 Å². The Kier molecular flexibility index (Phi) is 8.17. The highest BCUT2D eigenvalue weighted by Crippen LogP contribution is 2.41. The number of carbonyl (C=O) groups is 1. The van der Waals surface area contributed by atoms with Gasteiger partial charge in [-0.15, -0.1) is 10.2 Å². The molecule has 2 aliphatic heterocycles. The average molecular weight is 585 g/mol. The first-order valence-electron chi connectivity index (χ1n) is 13.5. The number of hydrogen-bond acceptors (Lipinski definition) is 9. The Morgan fingerprint density at radius 2 is 1.90 bits per heavy atom. The first-order valence-corrected chi connectivity index (χ1v) is 13.9. The van der Waals surface area contributed by atoms with E-state index in [1.165, 1.54) is 6.20 Å². The average Bonchev–Trinajstić information content (AvgIpc) is 3.30. The maximum absolute atomic E-state index is 15.8. The van der Waals surface area contributed by atoms with Crippen LogP contribution >= 0.6 is 11.6 Å². The molecule has 0 N–H and O–H groups in total. The Morgan fingerprint density at radius 3 is 2.56 bits per heavy atom. The van der Waals surface area contributed by atoms with Crippen LogP contribution in [-0.4, -0.2) is 75.2 Å². The number of nitrogens with zero attached hydrogens (tertiary/aromatic N) is 6. The monoisotopic (exact) mass is 584 g/mol. The first-order chi connectivity index (χ1) is 19.5. The number of aromatic nitrogens is 4. The highest BCUT2D eigenvalue weighted by Gasteiger charge is 2.52. The van der Waals surface area contributed by atoms with E-state index < -0.39 is 29.9 Å². The van der Waals surface area contributed by atoms with E-state index in [1.807, 2.05) is 45.0 Å². The van der Waals surface area contributed by atoms with Gasteiger partial charge < -0.3 is 19.1 Å². The maximum atomic E-state index is 15.8. The van der Waals surface area contributed by atoms with Crippen LogP contribution in [0.4, 0.5) is 15.0 Å². The van der Waals surface area contributed by atoms with Crippen LogP contribution in [0.5, 0.6) is 11.6 Å². The molecule has 12 heteroatoms. The normalized spacial score (nSPS) is 21.9. The summed E-state index contributed by atoms with van der Waals surface area (Å²) < 4.78 is 32.6. The molecule has 1 aromatic carbocycles. The molecule has 218 valence electrons. The molecule has 10 nitrogen and oxygen atoms in total. The molecule has 0 spiro atoms. The van der Waals surface area contributed by atoms with Crippen LogP contribution in [0.1, 0.15) is 45.6 Å². The zero-order valence-electron chi connectivity index (χ0n) is 23.8. The van der Waals surface area contributed by atoms with E-state index in [0.29, 0.717) is 29.9 Å². The van der Waals surface area contributed by atoms with Gasteiger partial charge in [-0.2, -0.15) is 4.98 Å². The molecule has 5 rings (SSSR count). The summed E-state index contributed by atoms with van der Waals surface area (Å²) in [6, 6.07) is 9.97. The lowest BCUT2D eigenvalue weighted by atomic mass is 9.94. The van der Waals surface area contributed by atoms with Gasteiger partial charge in [0.2, 0.25) is 11.2 Å². The number of alkyl halides is 1. The Morgan fingerprint density at radius 1 is 1.15 bits per heavy atom. The molecule has 0 unspecified atom stereocenters. The molecule has 0 saturated carbocycles. The summed E-state index contributed by atoms with van der Waals surface area (Å²) in [6.07, 6.45) is 1.66. The van der Waals surface area contributed by atoms with Gasteiger partial charge in [0.25, 0.3) is 0 Å². The van der Waals surface area contributed by atoms with Crippen LogP contribution in [0.3, 0.4) is 0 Å². The molecule has 4 atom stereocenters. The number of halogens is 2. The summed E-state index contributed by atoms with van der Waals surface area (Å²) in [6.45, 7) is 5.69. The number of benzene rings is 1. The zero-order chi connectivity index (χ0) is 29.3. The van der Waals surface area contributed by atoms with Crippen molar-refractivity contribution in [2.45, 2.75) is 76.5 Å². The molecular formula is C29H34ClFN6O4. The van der Waals surface area contributed by atoms with Crippen molar-refractivity contribution in [3.8, 4) is 22.9 Å². The minimum absolute atomic E-state index is 0.0455. The summed E-state index contributed by atoms with van der Waals surface area (Å²) >= 11 is 6.05. The van der Waals surface area contributed by atoms with E-state index in [4.69, 9.17) is 25.8 Å². The summed E-state index contributed by atoms with van der Waals surface area (Å²) in [4.78, 5) is 24.5. The summed E-state index contributed by atoms with van der Waals surface area (Å²) in [5.74, 6) is 1.54. The van der Waals surface area contributed by atoms with E-state index in [1.54, 1.807) is 36.1 Å². The summed E-state index contributed by atoms with van der Waals surface area (Å²) in [5, 5.41) is 8.81. The predicted octanol–water partition coefficient (Wildman–Crippen LogP) is 5.49. The van der Waals surface area contributed by atoms with Crippen LogP contribution in [0, 0.1) is 0 Å². The fourth-order valence-corrected chi connectivity index (χ4v) is 5.55. The standard InChI is InChI=1S/C29H34ClFN6O4/c1-29(2,3)41-28(38)37-18-8-12-22(37)25(31)23(14-18)36(4)24-13-11-21(34-35-24)20-15-32-27(30)33-26(20)40-16-17-6-9-19(39-5)10-7-17/h6-7,9-11,13,15,18,22-23,25H,8,12,14,16H2,1-5H3/t18-,22+,23-,25+/m0/s1. The molecular weight excluding hydrogens is 551 g/mol. The number of fused-ring (bicyclic) bond motifs is 2. The SMILES string of the molecule is COc1ccc(COc2nc(Cl)ncc2-c2ccc(N(C)[C@H]3C[C@@H]4CC[C@H]([C@H]3F)N4C(=O)OC(C)(C)C)nn2)cc1. The van der Waals surface area contributed by atoms with E-state index in [-0.39, 0.29) is 23.8 Å². The van der Waals surface area contributed by atoms with Crippen molar-refractivity contribution in [1.29, 1.82) is 0 Å². The second-order valence-electron chi connectivity index (χ2n) is 11.3. The lowest BCUT2D eigenvalue weighted by molar-refractivity contribution is -0.0104. The third kappa shape index (κ3) is 6.29. The van der Waals surface area contributed by atoms with E-state index in [2.05, 4.69) is 20.2 Å². The fourth-order valence-electron chi connectivity index (χ4n) is 5.42. The van der Waals surface area contributed by atoms with Crippen molar-refractivity contribution in [3.05, 3.63) is 53.4 Å². The second-order valence-corrected chi connectivity index (χ2v) is 11.7. The molecule has 2 fully saturated rings.